The van der Waals surface area contributed by atoms with Gasteiger partial charge in [0.05, 0.1) is 0 Å². The van der Waals surface area contributed by atoms with E-state index in [1.165, 1.54) is 19.3 Å². The van der Waals surface area contributed by atoms with Gasteiger partial charge < -0.3 is 10.2 Å². The highest BCUT2D eigenvalue weighted by Gasteiger charge is 2.39. The van der Waals surface area contributed by atoms with E-state index in [4.69, 9.17) is 0 Å². The monoisotopic (exact) mass is 212 g/mol. The van der Waals surface area contributed by atoms with Gasteiger partial charge in [0.2, 0.25) is 5.91 Å². The number of amides is 1. The van der Waals surface area contributed by atoms with Crippen LogP contribution in [0.3, 0.4) is 0 Å². The second-order valence-electron chi connectivity index (χ2n) is 4.96. The van der Waals surface area contributed by atoms with Crippen LogP contribution in [0.4, 0.5) is 0 Å². The highest BCUT2D eigenvalue weighted by atomic mass is 16.1. The Bertz CT molecular complexity index is 208. The van der Waals surface area contributed by atoms with Crippen molar-refractivity contribution < 1.29 is 4.79 Å². The van der Waals surface area contributed by atoms with Crippen molar-refractivity contribution >= 4 is 5.91 Å². The standard InChI is InChI=1S/C9H16N2O.C3H8/c1-11-4-2-9(3-5-11)6-8(12)10-7-9;1-3-2/h2-7H2,1H3,(H,10,12);3H2,1-2H3. The largest absolute Gasteiger partial charge is 0.356 e. The van der Waals surface area contributed by atoms with E-state index < -0.39 is 0 Å². The fourth-order valence-corrected chi connectivity index (χ4v) is 2.20. The zero-order valence-corrected chi connectivity index (χ0v) is 10.3. The average Bonchev–Trinajstić information content (AvgIpc) is 2.55. The minimum atomic E-state index is 0.250. The van der Waals surface area contributed by atoms with Gasteiger partial charge in [-0.15, -0.1) is 0 Å². The molecule has 88 valence electrons. The Balaban J connectivity index is 0.000000337. The van der Waals surface area contributed by atoms with Crippen LogP contribution >= 0.6 is 0 Å². The van der Waals surface area contributed by atoms with E-state index in [0.717, 1.165) is 26.1 Å². The van der Waals surface area contributed by atoms with Crippen molar-refractivity contribution in [3.05, 3.63) is 0 Å². The summed E-state index contributed by atoms with van der Waals surface area (Å²) in [6, 6.07) is 0. The molecule has 15 heavy (non-hydrogen) atoms. The van der Waals surface area contributed by atoms with Crippen molar-refractivity contribution in [2.24, 2.45) is 5.41 Å². The predicted molar refractivity (Wildman–Crippen MR) is 62.8 cm³/mol. The van der Waals surface area contributed by atoms with Gasteiger partial charge in [0.25, 0.3) is 0 Å². The molecule has 0 aromatic heterocycles. The van der Waals surface area contributed by atoms with Crippen LogP contribution < -0.4 is 5.32 Å². The average molecular weight is 212 g/mol. The predicted octanol–water partition coefficient (Wildman–Crippen LogP) is 1.63. The first kappa shape index (κ1) is 12.5. The summed E-state index contributed by atoms with van der Waals surface area (Å²) in [7, 11) is 2.15. The lowest BCUT2D eigenvalue weighted by atomic mass is 9.78. The maximum absolute atomic E-state index is 11.1. The molecule has 2 rings (SSSR count). The molecule has 1 spiro atoms. The van der Waals surface area contributed by atoms with E-state index in [-0.39, 0.29) is 5.91 Å². The Labute approximate surface area is 93.2 Å². The number of piperidine rings is 1. The number of carbonyl (C=O) groups is 1. The molecule has 2 fully saturated rings. The third-order valence-corrected chi connectivity index (χ3v) is 3.24. The van der Waals surface area contributed by atoms with Gasteiger partial charge in [-0.05, 0) is 38.4 Å². The van der Waals surface area contributed by atoms with E-state index in [0.29, 0.717) is 5.41 Å². The van der Waals surface area contributed by atoms with Crippen molar-refractivity contribution in [3.8, 4) is 0 Å². The number of nitrogens with one attached hydrogen (secondary N) is 1. The molecule has 3 nitrogen and oxygen atoms in total. The fourth-order valence-electron chi connectivity index (χ4n) is 2.20. The van der Waals surface area contributed by atoms with Crippen LogP contribution in [0.2, 0.25) is 0 Å². The number of likely N-dealkylation sites (tertiary alicyclic amines) is 1. The summed E-state index contributed by atoms with van der Waals surface area (Å²) in [5.74, 6) is 0.250. The number of nitrogens with zero attached hydrogens (tertiary/aromatic N) is 1. The van der Waals surface area contributed by atoms with E-state index in [9.17, 15) is 4.79 Å². The summed E-state index contributed by atoms with van der Waals surface area (Å²) >= 11 is 0. The molecule has 0 atom stereocenters. The van der Waals surface area contributed by atoms with Crippen LogP contribution in [-0.4, -0.2) is 37.5 Å². The minimum absolute atomic E-state index is 0.250. The minimum Gasteiger partial charge on any atom is -0.356 e. The molecule has 2 heterocycles. The molecule has 2 aliphatic rings. The van der Waals surface area contributed by atoms with Crippen LogP contribution in [0.15, 0.2) is 0 Å². The van der Waals surface area contributed by atoms with Crippen LogP contribution in [-0.2, 0) is 4.79 Å². The Morgan fingerprint density at radius 2 is 1.87 bits per heavy atom. The summed E-state index contributed by atoms with van der Waals surface area (Å²) in [4.78, 5) is 13.4. The molecule has 0 aromatic carbocycles. The first-order chi connectivity index (χ1) is 7.12. The van der Waals surface area contributed by atoms with Crippen molar-refractivity contribution in [2.75, 3.05) is 26.7 Å². The Morgan fingerprint density at radius 3 is 2.27 bits per heavy atom. The molecule has 2 saturated heterocycles. The molecule has 3 heteroatoms. The van der Waals surface area contributed by atoms with E-state index in [1.54, 1.807) is 0 Å². The third kappa shape index (κ3) is 3.49. The second kappa shape index (κ2) is 5.50. The number of rotatable bonds is 0. The lowest BCUT2D eigenvalue weighted by Crippen LogP contribution is -2.39. The van der Waals surface area contributed by atoms with Crippen molar-refractivity contribution in [1.29, 1.82) is 0 Å². The summed E-state index contributed by atoms with van der Waals surface area (Å²) < 4.78 is 0. The smallest absolute Gasteiger partial charge is 0.220 e. The lowest BCUT2D eigenvalue weighted by molar-refractivity contribution is -0.119. The molecule has 0 radical (unpaired) electrons. The van der Waals surface area contributed by atoms with Crippen LogP contribution in [0.25, 0.3) is 0 Å². The van der Waals surface area contributed by atoms with E-state index >= 15 is 0 Å². The summed E-state index contributed by atoms with van der Waals surface area (Å²) in [6.07, 6.45) is 4.38. The fraction of sp³-hybridized carbons (Fsp3) is 0.917. The maximum atomic E-state index is 11.1. The summed E-state index contributed by atoms with van der Waals surface area (Å²) in [5, 5.41) is 2.94. The quantitative estimate of drug-likeness (QED) is 0.662. The first-order valence-corrected chi connectivity index (χ1v) is 6.07. The van der Waals surface area contributed by atoms with Gasteiger partial charge in [-0.3, -0.25) is 4.79 Å². The van der Waals surface area contributed by atoms with Gasteiger partial charge in [-0.1, -0.05) is 20.3 Å². The molecular formula is C12H24N2O. The third-order valence-electron chi connectivity index (χ3n) is 3.24. The molecule has 2 aliphatic heterocycles. The van der Waals surface area contributed by atoms with E-state index in [2.05, 4.69) is 31.1 Å². The van der Waals surface area contributed by atoms with Gasteiger partial charge in [-0.25, -0.2) is 0 Å². The van der Waals surface area contributed by atoms with Crippen LogP contribution in [0.1, 0.15) is 39.5 Å². The van der Waals surface area contributed by atoms with Gasteiger partial charge in [-0.2, -0.15) is 0 Å². The van der Waals surface area contributed by atoms with Crippen LogP contribution in [0.5, 0.6) is 0 Å². The Morgan fingerprint density at radius 1 is 1.33 bits per heavy atom. The topological polar surface area (TPSA) is 32.3 Å². The normalized spacial score (nSPS) is 24.6. The first-order valence-electron chi connectivity index (χ1n) is 6.07. The van der Waals surface area contributed by atoms with Crippen molar-refractivity contribution in [1.82, 2.24) is 10.2 Å². The Hall–Kier alpha value is -0.570. The zero-order chi connectivity index (χ0) is 11.3. The van der Waals surface area contributed by atoms with E-state index in [1.807, 2.05) is 0 Å². The Kier molecular flexibility index (Phi) is 4.58. The molecular weight excluding hydrogens is 188 g/mol. The number of hydrogen-bond donors (Lipinski definition) is 1. The second-order valence-corrected chi connectivity index (χ2v) is 4.96. The highest BCUT2D eigenvalue weighted by molar-refractivity contribution is 5.79. The molecule has 1 N–H and O–H groups in total. The number of hydrogen-bond acceptors (Lipinski definition) is 2. The van der Waals surface area contributed by atoms with Gasteiger partial charge >= 0.3 is 0 Å². The van der Waals surface area contributed by atoms with Gasteiger partial charge in [0, 0.05) is 13.0 Å². The molecule has 1 amide bonds. The molecule has 0 saturated carbocycles. The molecule has 0 bridgehead atoms. The summed E-state index contributed by atoms with van der Waals surface area (Å²) in [5.41, 5.74) is 0.323. The zero-order valence-electron chi connectivity index (χ0n) is 10.3. The van der Waals surface area contributed by atoms with Crippen LogP contribution in [0, 0.1) is 5.41 Å². The lowest BCUT2D eigenvalue weighted by Gasteiger charge is -2.36. The van der Waals surface area contributed by atoms with Gasteiger partial charge in [0.15, 0.2) is 0 Å². The highest BCUT2D eigenvalue weighted by Crippen LogP contribution is 2.36. The molecule has 0 aromatic rings. The van der Waals surface area contributed by atoms with Gasteiger partial charge in [0.1, 0.15) is 0 Å². The summed E-state index contributed by atoms with van der Waals surface area (Å²) in [6.45, 7) is 7.46. The molecule has 0 unspecified atom stereocenters. The maximum Gasteiger partial charge on any atom is 0.220 e. The van der Waals surface area contributed by atoms with Crippen molar-refractivity contribution in [2.45, 2.75) is 39.5 Å². The molecule has 0 aliphatic carbocycles. The number of carbonyl (C=O) groups excluding carboxylic acids is 1. The SMILES string of the molecule is CCC.CN1CCC2(CC1)CNC(=O)C2. The van der Waals surface area contributed by atoms with Crippen molar-refractivity contribution in [3.63, 3.8) is 0 Å².